The summed E-state index contributed by atoms with van der Waals surface area (Å²) in [6, 6.07) is 44.3. The zero-order valence-electron chi connectivity index (χ0n) is 44.7. The molecule has 0 N–H and O–H groups in total. The molecular weight excluding hydrogens is 820 g/mol. The van der Waals surface area contributed by atoms with Gasteiger partial charge in [0.25, 0.3) is 6.71 Å². The van der Waals surface area contributed by atoms with Crippen molar-refractivity contribution in [1.82, 2.24) is 0 Å². The first-order valence-electron chi connectivity index (χ1n) is 26.0. The van der Waals surface area contributed by atoms with Crippen LogP contribution in [0.25, 0.3) is 0 Å². The molecule has 0 saturated heterocycles. The van der Waals surface area contributed by atoms with Gasteiger partial charge in [-0.15, -0.1) is 0 Å². The largest absolute Gasteiger partial charge is 0.311 e. The fourth-order valence-electron chi connectivity index (χ4n) is 14.7. The zero-order chi connectivity index (χ0) is 48.7. The Morgan fingerprint density at radius 1 is 0.382 bits per heavy atom. The van der Waals surface area contributed by atoms with Gasteiger partial charge in [0, 0.05) is 39.5 Å². The van der Waals surface area contributed by atoms with Crippen molar-refractivity contribution >= 4 is 57.2 Å². The fraction of sp³-hybridized carbons (Fsp3) is 0.446. The maximum atomic E-state index is 2.72. The number of fused-ring (bicyclic) bond motifs is 7. The molecule has 0 unspecified atom stereocenters. The van der Waals surface area contributed by atoms with Gasteiger partial charge in [0.2, 0.25) is 0 Å². The Kier molecular flexibility index (Phi) is 9.40. The van der Waals surface area contributed by atoms with Crippen molar-refractivity contribution in [2.75, 3.05) is 9.80 Å². The van der Waals surface area contributed by atoms with Gasteiger partial charge in [-0.2, -0.15) is 0 Å². The molecule has 0 spiro atoms. The van der Waals surface area contributed by atoms with Crippen LogP contribution >= 0.6 is 0 Å². The summed E-state index contributed by atoms with van der Waals surface area (Å²) in [6.07, 6.45) is 4.65. The second kappa shape index (κ2) is 14.1. The van der Waals surface area contributed by atoms with Crippen LogP contribution in [0.4, 0.5) is 34.1 Å². The molecule has 0 saturated carbocycles. The average Bonchev–Trinajstić information content (AvgIpc) is 3.57. The topological polar surface area (TPSA) is 6.48 Å². The highest BCUT2D eigenvalue weighted by Crippen LogP contribution is 2.56. The van der Waals surface area contributed by atoms with E-state index in [0.29, 0.717) is 0 Å². The lowest BCUT2D eigenvalue weighted by Gasteiger charge is -2.47. The van der Waals surface area contributed by atoms with Crippen molar-refractivity contribution in [2.24, 2.45) is 0 Å². The van der Waals surface area contributed by atoms with E-state index in [4.69, 9.17) is 0 Å². The number of hydrogen-bond donors (Lipinski definition) is 0. The third-order valence-electron chi connectivity index (χ3n) is 18.3. The van der Waals surface area contributed by atoms with Crippen molar-refractivity contribution in [3.63, 3.8) is 0 Å². The number of hydrogen-bond acceptors (Lipinski definition) is 2. The van der Waals surface area contributed by atoms with Crippen LogP contribution in [0.2, 0.25) is 0 Å². The van der Waals surface area contributed by atoms with E-state index in [1.165, 1.54) is 113 Å². The number of rotatable bonds is 4. The van der Waals surface area contributed by atoms with Crippen molar-refractivity contribution in [3.8, 4) is 0 Å². The van der Waals surface area contributed by atoms with Crippen molar-refractivity contribution in [3.05, 3.63) is 159 Å². The lowest BCUT2D eigenvalue weighted by molar-refractivity contribution is 0.332. The average molecular weight is 897 g/mol. The first-order chi connectivity index (χ1) is 31.5. The summed E-state index contributed by atoms with van der Waals surface area (Å²) in [4.78, 5) is 5.43. The van der Waals surface area contributed by atoms with Gasteiger partial charge < -0.3 is 9.80 Å². The molecular formula is C65H77BN2. The molecule has 3 aliphatic carbocycles. The minimum absolute atomic E-state index is 0.0445. The van der Waals surface area contributed by atoms with Crippen LogP contribution in [0.3, 0.4) is 0 Å². The van der Waals surface area contributed by atoms with Crippen LogP contribution in [0.1, 0.15) is 193 Å². The Labute approximate surface area is 411 Å². The van der Waals surface area contributed by atoms with Gasteiger partial charge in [0.15, 0.2) is 0 Å². The van der Waals surface area contributed by atoms with Crippen molar-refractivity contribution in [2.45, 2.75) is 187 Å². The number of benzene rings is 6. The molecule has 0 bridgehead atoms. The Morgan fingerprint density at radius 2 is 0.824 bits per heavy atom. The van der Waals surface area contributed by atoms with E-state index < -0.39 is 0 Å². The Balaban J connectivity index is 1.27. The van der Waals surface area contributed by atoms with Crippen LogP contribution < -0.4 is 26.2 Å². The molecule has 6 aromatic rings. The van der Waals surface area contributed by atoms with Crippen molar-refractivity contribution in [1.29, 1.82) is 0 Å². The van der Waals surface area contributed by atoms with Crippen LogP contribution in [0.15, 0.2) is 109 Å². The molecule has 3 heteroatoms. The van der Waals surface area contributed by atoms with Gasteiger partial charge in [-0.05, 0) is 179 Å². The molecule has 0 atom stereocenters. The normalized spacial score (nSPS) is 20.5. The Hall–Kier alpha value is -5.02. The molecule has 0 amide bonds. The first-order valence-corrected chi connectivity index (χ1v) is 26.0. The summed E-state index contributed by atoms with van der Waals surface area (Å²) >= 11 is 0. The SMILES string of the molecule is CC(C)(C)c1cc2c3c(c1)N(c1ccc4c(c1)C(C)(C)CC4(C)C)c1cc4c(cc1B3c1ccc(C(C)(C)c3ccccc3)cc1N2c1ccc2c(c1)C(C)(C)CCC2(C)C)C(C)(C)CC4(C)C. The molecule has 0 aromatic heterocycles. The van der Waals surface area contributed by atoms with E-state index in [1.54, 1.807) is 0 Å². The van der Waals surface area contributed by atoms with Gasteiger partial charge in [-0.25, -0.2) is 0 Å². The summed E-state index contributed by atoms with van der Waals surface area (Å²) in [5, 5.41) is 0. The van der Waals surface area contributed by atoms with Gasteiger partial charge in [0.05, 0.1) is 0 Å². The third-order valence-corrected chi connectivity index (χ3v) is 18.3. The third kappa shape index (κ3) is 6.55. The van der Waals surface area contributed by atoms with Crippen LogP contribution in [0.5, 0.6) is 0 Å². The monoisotopic (exact) mass is 897 g/mol. The van der Waals surface area contributed by atoms with Crippen LogP contribution in [-0.2, 0) is 43.3 Å². The molecule has 0 fully saturated rings. The molecule has 6 aromatic carbocycles. The summed E-state index contributed by atoms with van der Waals surface area (Å²) in [7, 11) is 0. The predicted molar refractivity (Wildman–Crippen MR) is 294 cm³/mol. The summed E-state index contributed by atoms with van der Waals surface area (Å²) in [5.41, 5.74) is 25.2. The van der Waals surface area contributed by atoms with E-state index in [2.05, 4.69) is 237 Å². The highest BCUT2D eigenvalue weighted by molar-refractivity contribution is 7.00. The summed E-state index contributed by atoms with van der Waals surface area (Å²) in [6.45, 7) is 41.7. The maximum absolute atomic E-state index is 2.72. The molecule has 68 heavy (non-hydrogen) atoms. The molecule has 2 nitrogen and oxygen atoms in total. The molecule has 350 valence electrons. The number of anilines is 6. The van der Waals surface area contributed by atoms with E-state index in [0.717, 1.165) is 12.8 Å². The summed E-state index contributed by atoms with van der Waals surface area (Å²) in [5.74, 6) is 0. The lowest BCUT2D eigenvalue weighted by Crippen LogP contribution is -2.61. The Bertz CT molecular complexity index is 3090. The maximum Gasteiger partial charge on any atom is 0.252 e. The quantitative estimate of drug-likeness (QED) is 0.162. The predicted octanol–water partition coefficient (Wildman–Crippen LogP) is 15.7. The minimum Gasteiger partial charge on any atom is -0.311 e. The zero-order valence-corrected chi connectivity index (χ0v) is 44.7. The first kappa shape index (κ1) is 45.4. The van der Waals surface area contributed by atoms with E-state index in [-0.39, 0.29) is 50.0 Å². The Morgan fingerprint density at radius 3 is 1.37 bits per heavy atom. The van der Waals surface area contributed by atoms with Gasteiger partial charge >= 0.3 is 0 Å². The smallest absolute Gasteiger partial charge is 0.252 e. The van der Waals surface area contributed by atoms with Crippen LogP contribution in [0, 0.1) is 0 Å². The highest BCUT2D eigenvalue weighted by atomic mass is 15.2. The molecule has 2 heterocycles. The second-order valence-corrected chi connectivity index (χ2v) is 27.6. The molecule has 2 aliphatic heterocycles. The van der Waals surface area contributed by atoms with Crippen molar-refractivity contribution < 1.29 is 0 Å². The number of nitrogens with zero attached hydrogens (tertiary/aromatic N) is 2. The van der Waals surface area contributed by atoms with E-state index in [1.807, 2.05) is 0 Å². The lowest BCUT2D eigenvalue weighted by atomic mass is 9.33. The minimum atomic E-state index is -0.212. The van der Waals surface area contributed by atoms with Crippen LogP contribution in [-0.4, -0.2) is 6.71 Å². The fourth-order valence-corrected chi connectivity index (χ4v) is 14.7. The second-order valence-electron chi connectivity index (χ2n) is 27.6. The van der Waals surface area contributed by atoms with E-state index >= 15 is 0 Å². The molecule has 0 radical (unpaired) electrons. The standard InChI is InChI=1S/C65H77BN2/c1-58(2,3)42-32-55-57-56(33-42)68(44-25-27-46-48(35-44)62(10,11)38-61(46,8)9)54-37-50-49(63(12,13)39-64(50,14)15)36-52(54)66(57)51-28-23-41(65(16,17)40-21-19-18-20-22-40)31-53(51)67(55)43-24-26-45-47(34-43)60(6,7)30-29-59(45,4)5/h18-28,31-37H,29-30,38-39H2,1-17H3. The molecule has 5 aliphatic rings. The molecule has 11 rings (SSSR count). The van der Waals surface area contributed by atoms with Gasteiger partial charge in [-0.1, -0.05) is 178 Å². The highest BCUT2D eigenvalue weighted by Gasteiger charge is 2.50. The summed E-state index contributed by atoms with van der Waals surface area (Å²) < 4.78 is 0. The van der Waals surface area contributed by atoms with E-state index in [9.17, 15) is 0 Å². The van der Waals surface area contributed by atoms with Gasteiger partial charge in [-0.3, -0.25) is 0 Å². The van der Waals surface area contributed by atoms with Gasteiger partial charge in [0.1, 0.15) is 0 Å².